The maximum absolute atomic E-state index is 15.1. The van der Waals surface area contributed by atoms with Gasteiger partial charge in [-0.1, -0.05) is 32.1 Å². The van der Waals surface area contributed by atoms with Crippen molar-refractivity contribution in [2.45, 2.75) is 58.2 Å². The number of rotatable bonds is 9. The molecule has 40 heavy (non-hydrogen) atoms. The van der Waals surface area contributed by atoms with Crippen molar-refractivity contribution in [1.82, 2.24) is 15.5 Å². The number of amides is 3. The smallest absolute Gasteiger partial charge is 0.272 e. The molecule has 3 atom stereocenters. The zero-order chi connectivity index (χ0) is 30.0. The number of phenols is 1. The molecule has 3 amide bonds. The average Bonchev–Trinajstić information content (AvgIpc) is 3.06. The van der Waals surface area contributed by atoms with E-state index in [9.17, 15) is 29.0 Å². The van der Waals surface area contributed by atoms with Crippen molar-refractivity contribution < 1.29 is 37.8 Å². The Balaban J connectivity index is 1.99. The molecule has 11 heteroatoms. The van der Waals surface area contributed by atoms with Crippen LogP contribution >= 0.6 is 0 Å². The van der Waals surface area contributed by atoms with E-state index in [-0.39, 0.29) is 29.8 Å². The van der Waals surface area contributed by atoms with E-state index in [0.717, 1.165) is 19.9 Å². The van der Waals surface area contributed by atoms with E-state index in [1.54, 1.807) is 6.92 Å². The Morgan fingerprint density at radius 1 is 1.20 bits per heavy atom. The highest BCUT2D eigenvalue weighted by Crippen LogP contribution is 2.48. The predicted molar refractivity (Wildman–Crippen MR) is 142 cm³/mol. The van der Waals surface area contributed by atoms with Crippen molar-refractivity contribution in [3.05, 3.63) is 77.1 Å². The van der Waals surface area contributed by atoms with Gasteiger partial charge in [0.1, 0.15) is 17.6 Å². The molecule has 0 saturated carbocycles. The standard InChI is InChI=1S/C29H34F3N3O5/c1-6-10-33-26(39)24-28(4,5)29(31,32)15-35(24)27(40)23(37)21(14-18-8-7-9-19(30)13-18)34-25(38)20-11-16(2)12-22(36)17(20)3/h6-9,11-13,21,23-24,36-37H,1,10,14-15H2,2-5H3,(H,33,39)(H,34,38)/t21-,23-,24+/m0/s1. The first-order valence-electron chi connectivity index (χ1n) is 12.7. The third-order valence-corrected chi connectivity index (χ3v) is 7.32. The molecular formula is C29H34F3N3O5. The van der Waals surface area contributed by atoms with Crippen LogP contribution in [0.4, 0.5) is 13.2 Å². The van der Waals surface area contributed by atoms with Gasteiger partial charge in [-0.2, -0.15) is 0 Å². The number of phenolic OH excluding ortho intramolecular Hbond substituents is 1. The van der Waals surface area contributed by atoms with Crippen LogP contribution in [-0.4, -0.2) is 70.0 Å². The topological polar surface area (TPSA) is 119 Å². The lowest BCUT2D eigenvalue weighted by Crippen LogP contribution is -2.57. The van der Waals surface area contributed by atoms with Gasteiger partial charge in [-0.3, -0.25) is 14.4 Å². The number of nitrogens with one attached hydrogen (secondary N) is 2. The molecule has 2 aromatic carbocycles. The summed E-state index contributed by atoms with van der Waals surface area (Å²) in [5.74, 6) is -7.01. The van der Waals surface area contributed by atoms with E-state index in [2.05, 4.69) is 17.2 Å². The summed E-state index contributed by atoms with van der Waals surface area (Å²) in [6.07, 6.45) is -0.964. The molecule has 216 valence electrons. The number of nitrogens with zero attached hydrogens (tertiary/aromatic N) is 1. The second-order valence-electron chi connectivity index (χ2n) is 10.6. The van der Waals surface area contributed by atoms with E-state index in [1.807, 2.05) is 0 Å². The highest BCUT2D eigenvalue weighted by molar-refractivity contribution is 5.97. The molecule has 0 bridgehead atoms. The number of halogens is 3. The molecule has 4 N–H and O–H groups in total. The fourth-order valence-electron chi connectivity index (χ4n) is 4.87. The van der Waals surface area contributed by atoms with Crippen LogP contribution in [0.2, 0.25) is 0 Å². The van der Waals surface area contributed by atoms with Gasteiger partial charge in [0.15, 0.2) is 6.10 Å². The maximum Gasteiger partial charge on any atom is 0.272 e. The van der Waals surface area contributed by atoms with Crippen molar-refractivity contribution >= 4 is 17.7 Å². The minimum Gasteiger partial charge on any atom is -0.508 e. The Labute approximate surface area is 230 Å². The van der Waals surface area contributed by atoms with Gasteiger partial charge < -0.3 is 25.7 Å². The second-order valence-corrected chi connectivity index (χ2v) is 10.6. The van der Waals surface area contributed by atoms with Crippen LogP contribution in [0.1, 0.15) is 40.9 Å². The van der Waals surface area contributed by atoms with E-state index >= 15 is 8.78 Å². The molecule has 0 unspecified atom stereocenters. The van der Waals surface area contributed by atoms with Gasteiger partial charge in [0.25, 0.3) is 17.7 Å². The number of hydrogen-bond donors (Lipinski definition) is 4. The van der Waals surface area contributed by atoms with E-state index in [4.69, 9.17) is 0 Å². The largest absolute Gasteiger partial charge is 0.508 e. The Kier molecular flexibility index (Phi) is 8.98. The molecule has 3 rings (SSSR count). The van der Waals surface area contributed by atoms with Gasteiger partial charge in [-0.05, 0) is 55.7 Å². The normalized spacial score (nSPS) is 19.0. The molecule has 1 heterocycles. The van der Waals surface area contributed by atoms with Gasteiger partial charge in [0, 0.05) is 17.7 Å². The van der Waals surface area contributed by atoms with Gasteiger partial charge in [-0.15, -0.1) is 6.58 Å². The van der Waals surface area contributed by atoms with Gasteiger partial charge in [-0.25, -0.2) is 13.2 Å². The highest BCUT2D eigenvalue weighted by Gasteiger charge is 2.64. The van der Waals surface area contributed by atoms with E-state index in [1.165, 1.54) is 43.3 Å². The molecule has 0 radical (unpaired) electrons. The Bertz CT molecular complexity index is 1310. The molecular weight excluding hydrogens is 527 g/mol. The summed E-state index contributed by atoms with van der Waals surface area (Å²) < 4.78 is 44.0. The number of aromatic hydroxyl groups is 1. The SMILES string of the molecule is C=CCNC(=O)[C@H]1N(C(=O)[C@@H](O)[C@H](Cc2cccc(F)c2)NC(=O)c2cc(C)cc(O)c2C)CC(F)(F)C1(C)C. The van der Waals surface area contributed by atoms with Crippen LogP contribution in [0.25, 0.3) is 0 Å². The highest BCUT2D eigenvalue weighted by atomic mass is 19.3. The quantitative estimate of drug-likeness (QED) is 0.351. The summed E-state index contributed by atoms with van der Waals surface area (Å²) in [6, 6.07) is 5.19. The lowest BCUT2D eigenvalue weighted by molar-refractivity contribution is -0.148. The monoisotopic (exact) mass is 561 g/mol. The summed E-state index contributed by atoms with van der Waals surface area (Å²) in [5, 5.41) is 26.4. The zero-order valence-electron chi connectivity index (χ0n) is 22.8. The van der Waals surface area contributed by atoms with Crippen molar-refractivity contribution in [3.63, 3.8) is 0 Å². The zero-order valence-corrected chi connectivity index (χ0v) is 22.8. The molecule has 1 fully saturated rings. The minimum atomic E-state index is -3.48. The van der Waals surface area contributed by atoms with Crippen LogP contribution in [0.15, 0.2) is 49.1 Å². The molecule has 0 spiro atoms. The minimum absolute atomic E-state index is 0.0253. The first kappa shape index (κ1) is 30.7. The fourth-order valence-corrected chi connectivity index (χ4v) is 4.87. The number of hydrogen-bond acceptors (Lipinski definition) is 5. The molecule has 8 nitrogen and oxygen atoms in total. The summed E-state index contributed by atoms with van der Waals surface area (Å²) in [5.41, 5.74) is -0.787. The Morgan fingerprint density at radius 2 is 1.88 bits per heavy atom. The number of aliphatic hydroxyl groups is 1. The molecule has 0 aliphatic carbocycles. The molecule has 2 aromatic rings. The van der Waals surface area contributed by atoms with Crippen LogP contribution in [0.3, 0.4) is 0 Å². The van der Waals surface area contributed by atoms with Gasteiger partial charge in [0.05, 0.1) is 18.0 Å². The fraction of sp³-hybridized carbons (Fsp3) is 0.414. The van der Waals surface area contributed by atoms with Crippen LogP contribution in [0.5, 0.6) is 5.75 Å². The summed E-state index contributed by atoms with van der Waals surface area (Å²) in [7, 11) is 0. The predicted octanol–water partition coefficient (Wildman–Crippen LogP) is 3.02. The van der Waals surface area contributed by atoms with Crippen molar-refractivity contribution in [3.8, 4) is 5.75 Å². The van der Waals surface area contributed by atoms with E-state index < -0.39 is 59.6 Å². The number of carbonyl (C=O) groups is 3. The van der Waals surface area contributed by atoms with Crippen molar-refractivity contribution in [2.24, 2.45) is 5.41 Å². The van der Waals surface area contributed by atoms with E-state index in [0.29, 0.717) is 16.0 Å². The third-order valence-electron chi connectivity index (χ3n) is 7.32. The summed E-state index contributed by atoms with van der Waals surface area (Å²) in [6.45, 7) is 7.80. The summed E-state index contributed by atoms with van der Waals surface area (Å²) in [4.78, 5) is 40.4. The Hall–Kier alpha value is -3.86. The Morgan fingerprint density at radius 3 is 2.50 bits per heavy atom. The van der Waals surface area contributed by atoms with Crippen molar-refractivity contribution in [1.29, 1.82) is 0 Å². The number of carbonyl (C=O) groups excluding carboxylic acids is 3. The molecule has 1 aliphatic rings. The summed E-state index contributed by atoms with van der Waals surface area (Å²) >= 11 is 0. The average molecular weight is 562 g/mol. The lowest BCUT2D eigenvalue weighted by Gasteiger charge is -2.34. The van der Waals surface area contributed by atoms with Crippen molar-refractivity contribution in [2.75, 3.05) is 13.1 Å². The number of alkyl halides is 2. The molecule has 0 aromatic heterocycles. The van der Waals surface area contributed by atoms with Crippen LogP contribution in [0, 0.1) is 25.1 Å². The number of likely N-dealkylation sites (tertiary alicyclic amines) is 1. The second kappa shape index (κ2) is 11.7. The first-order chi connectivity index (χ1) is 18.6. The maximum atomic E-state index is 15.1. The van der Waals surface area contributed by atoms with Crippen LogP contribution < -0.4 is 10.6 Å². The third kappa shape index (κ3) is 6.14. The lowest BCUT2D eigenvalue weighted by atomic mass is 9.81. The number of aliphatic hydroxyl groups excluding tert-OH is 1. The first-order valence-corrected chi connectivity index (χ1v) is 12.7. The molecule has 1 saturated heterocycles. The number of aryl methyl sites for hydroxylation is 1. The van der Waals surface area contributed by atoms with Crippen LogP contribution in [-0.2, 0) is 16.0 Å². The van der Waals surface area contributed by atoms with Gasteiger partial charge in [0.2, 0.25) is 5.91 Å². The van der Waals surface area contributed by atoms with Gasteiger partial charge >= 0.3 is 0 Å². The number of benzene rings is 2. The molecule has 1 aliphatic heterocycles.